The zero-order chi connectivity index (χ0) is 9.97. The number of aryl methyl sites for hydroxylation is 2. The summed E-state index contributed by atoms with van der Waals surface area (Å²) >= 11 is 1.67. The van der Waals surface area contributed by atoms with Gasteiger partial charge in [-0.25, -0.2) is 0 Å². The Labute approximate surface area is 87.4 Å². The van der Waals surface area contributed by atoms with Crippen LogP contribution in [0.1, 0.15) is 16.3 Å². The molecule has 0 aliphatic heterocycles. The van der Waals surface area contributed by atoms with Gasteiger partial charge in [0.15, 0.2) is 0 Å². The van der Waals surface area contributed by atoms with E-state index in [1.165, 1.54) is 16.3 Å². The molecule has 2 heterocycles. The Morgan fingerprint density at radius 3 is 2.64 bits per heavy atom. The van der Waals surface area contributed by atoms with Crippen molar-refractivity contribution < 1.29 is 0 Å². The smallest absolute Gasteiger partial charge is 0.0794 e. The van der Waals surface area contributed by atoms with Gasteiger partial charge >= 0.3 is 0 Å². The van der Waals surface area contributed by atoms with Crippen molar-refractivity contribution in [2.24, 2.45) is 0 Å². The number of nitrogens with zero attached hydrogens (tertiary/aromatic N) is 2. The molecule has 4 heteroatoms. The lowest BCUT2D eigenvalue weighted by molar-refractivity contribution is 0.797. The minimum Gasteiger partial charge on any atom is -0.321 e. The lowest BCUT2D eigenvalue weighted by Gasteiger charge is -2.10. The van der Waals surface area contributed by atoms with Gasteiger partial charge in [-0.3, -0.25) is 9.66 Å². The summed E-state index contributed by atoms with van der Waals surface area (Å²) in [7, 11) is 0. The molecule has 0 amide bonds. The third-order valence-corrected chi connectivity index (χ3v) is 2.95. The molecule has 2 aromatic heterocycles. The van der Waals surface area contributed by atoms with Crippen molar-refractivity contribution >= 4 is 11.3 Å². The lowest BCUT2D eigenvalue weighted by atomic mass is 10.5. The highest BCUT2D eigenvalue weighted by molar-refractivity contribution is 7.09. The molecule has 0 unspecified atom stereocenters. The number of nitrogens with one attached hydrogen (secondary N) is 1. The average Bonchev–Trinajstić information content (AvgIpc) is 2.76. The molecule has 0 saturated heterocycles. The monoisotopic (exact) mass is 207 g/mol. The van der Waals surface area contributed by atoms with Gasteiger partial charge in [0.1, 0.15) is 0 Å². The standard InChI is InChI=1S/C10H13N3S/c1-8-3-4-9(2)13(8)12-6-10-5-11-7-14-10/h3-5,7,12H,6H2,1-2H3. The second kappa shape index (κ2) is 3.84. The van der Waals surface area contributed by atoms with Crippen molar-refractivity contribution in [3.8, 4) is 0 Å². The van der Waals surface area contributed by atoms with Crippen molar-refractivity contribution in [1.82, 2.24) is 9.66 Å². The van der Waals surface area contributed by atoms with E-state index < -0.39 is 0 Å². The van der Waals surface area contributed by atoms with Gasteiger partial charge in [-0.2, -0.15) is 0 Å². The van der Waals surface area contributed by atoms with Gasteiger partial charge in [-0.1, -0.05) is 0 Å². The first-order valence-corrected chi connectivity index (χ1v) is 5.41. The molecule has 0 bridgehead atoms. The van der Waals surface area contributed by atoms with Crippen LogP contribution in [0.5, 0.6) is 0 Å². The molecule has 0 saturated carbocycles. The summed E-state index contributed by atoms with van der Waals surface area (Å²) in [5.74, 6) is 0. The Kier molecular flexibility index (Phi) is 2.54. The zero-order valence-corrected chi connectivity index (χ0v) is 9.14. The Morgan fingerprint density at radius 1 is 1.36 bits per heavy atom. The molecule has 0 radical (unpaired) electrons. The number of thiazole rings is 1. The van der Waals surface area contributed by atoms with Gasteiger partial charge in [-0.15, -0.1) is 11.3 Å². The van der Waals surface area contributed by atoms with Crippen LogP contribution in [0.15, 0.2) is 23.8 Å². The highest BCUT2D eigenvalue weighted by atomic mass is 32.1. The van der Waals surface area contributed by atoms with Crippen LogP contribution in [-0.4, -0.2) is 9.66 Å². The first-order chi connectivity index (χ1) is 6.77. The second-order valence-electron chi connectivity index (χ2n) is 3.25. The predicted octanol–water partition coefficient (Wildman–Crippen LogP) is 2.31. The van der Waals surface area contributed by atoms with Crippen LogP contribution in [0.25, 0.3) is 0 Å². The van der Waals surface area contributed by atoms with Crippen molar-refractivity contribution in [2.75, 3.05) is 5.43 Å². The highest BCUT2D eigenvalue weighted by Gasteiger charge is 2.00. The maximum Gasteiger partial charge on any atom is 0.0794 e. The van der Waals surface area contributed by atoms with Gasteiger partial charge in [0.25, 0.3) is 0 Å². The molecule has 14 heavy (non-hydrogen) atoms. The molecule has 0 aromatic carbocycles. The summed E-state index contributed by atoms with van der Waals surface area (Å²) in [6.45, 7) is 5.01. The van der Waals surface area contributed by atoms with Crippen LogP contribution in [0.2, 0.25) is 0 Å². The minimum atomic E-state index is 0.834. The van der Waals surface area contributed by atoms with Crippen LogP contribution in [0.4, 0.5) is 0 Å². The van der Waals surface area contributed by atoms with E-state index in [-0.39, 0.29) is 0 Å². The van der Waals surface area contributed by atoms with Crippen LogP contribution in [-0.2, 0) is 6.54 Å². The van der Waals surface area contributed by atoms with Crippen LogP contribution >= 0.6 is 11.3 Å². The van der Waals surface area contributed by atoms with Gasteiger partial charge in [-0.05, 0) is 26.0 Å². The second-order valence-corrected chi connectivity index (χ2v) is 4.23. The summed E-state index contributed by atoms with van der Waals surface area (Å²) in [4.78, 5) is 5.28. The van der Waals surface area contributed by atoms with Gasteiger partial charge in [0, 0.05) is 22.5 Å². The Bertz CT molecular complexity index is 383. The molecule has 0 atom stereocenters. The topological polar surface area (TPSA) is 29.9 Å². The minimum absolute atomic E-state index is 0.834. The summed E-state index contributed by atoms with van der Waals surface area (Å²) in [6.07, 6.45) is 1.89. The fourth-order valence-electron chi connectivity index (χ4n) is 1.40. The Morgan fingerprint density at radius 2 is 2.07 bits per heavy atom. The quantitative estimate of drug-likeness (QED) is 0.837. The maximum atomic E-state index is 4.04. The van der Waals surface area contributed by atoms with Crippen molar-refractivity contribution in [2.45, 2.75) is 20.4 Å². The SMILES string of the molecule is Cc1ccc(C)n1NCc1cncs1. The van der Waals surface area contributed by atoms with Gasteiger partial charge < -0.3 is 5.43 Å². The highest BCUT2D eigenvalue weighted by Crippen LogP contribution is 2.08. The normalized spacial score (nSPS) is 10.4. The first kappa shape index (κ1) is 9.27. The molecule has 0 aliphatic carbocycles. The molecule has 0 aliphatic rings. The Hall–Kier alpha value is -1.29. The molecule has 2 rings (SSSR count). The summed E-state index contributed by atoms with van der Waals surface area (Å²) in [5, 5.41) is 0. The van der Waals surface area contributed by atoms with E-state index in [9.17, 15) is 0 Å². The first-order valence-electron chi connectivity index (χ1n) is 4.53. The fourth-order valence-corrected chi connectivity index (χ4v) is 1.93. The molecule has 2 aromatic rings. The molecule has 0 fully saturated rings. The zero-order valence-electron chi connectivity index (χ0n) is 8.32. The molecular formula is C10H13N3S. The number of hydrogen-bond acceptors (Lipinski definition) is 3. The average molecular weight is 207 g/mol. The van der Waals surface area contributed by atoms with Gasteiger partial charge in [0.2, 0.25) is 0 Å². The largest absolute Gasteiger partial charge is 0.321 e. The van der Waals surface area contributed by atoms with E-state index in [0.29, 0.717) is 0 Å². The fraction of sp³-hybridized carbons (Fsp3) is 0.300. The summed E-state index contributed by atoms with van der Waals surface area (Å²) in [5.41, 5.74) is 7.66. The predicted molar refractivity (Wildman–Crippen MR) is 59.1 cm³/mol. The molecule has 1 N–H and O–H groups in total. The summed E-state index contributed by atoms with van der Waals surface area (Å²) in [6, 6.07) is 4.21. The van der Waals surface area contributed by atoms with Crippen molar-refractivity contribution in [3.63, 3.8) is 0 Å². The van der Waals surface area contributed by atoms with Crippen molar-refractivity contribution in [3.05, 3.63) is 40.1 Å². The van der Waals surface area contributed by atoms with Crippen LogP contribution in [0.3, 0.4) is 0 Å². The van der Waals surface area contributed by atoms with Crippen LogP contribution < -0.4 is 5.43 Å². The van der Waals surface area contributed by atoms with E-state index in [1.807, 2.05) is 11.7 Å². The maximum absolute atomic E-state index is 4.04. The number of hydrogen-bond donors (Lipinski definition) is 1. The lowest BCUT2D eigenvalue weighted by Crippen LogP contribution is -2.16. The van der Waals surface area contributed by atoms with E-state index in [0.717, 1.165) is 6.54 Å². The van der Waals surface area contributed by atoms with E-state index in [2.05, 4.69) is 41.1 Å². The molecule has 74 valence electrons. The molecule has 0 spiro atoms. The molecule has 3 nitrogen and oxygen atoms in total. The van der Waals surface area contributed by atoms with Crippen molar-refractivity contribution in [1.29, 1.82) is 0 Å². The number of aromatic nitrogens is 2. The van der Waals surface area contributed by atoms with Crippen LogP contribution in [0, 0.1) is 13.8 Å². The van der Waals surface area contributed by atoms with E-state index >= 15 is 0 Å². The molecular weight excluding hydrogens is 194 g/mol. The van der Waals surface area contributed by atoms with Gasteiger partial charge in [0.05, 0.1) is 12.1 Å². The van der Waals surface area contributed by atoms with E-state index in [4.69, 9.17) is 0 Å². The summed E-state index contributed by atoms with van der Waals surface area (Å²) < 4.78 is 2.10. The number of rotatable bonds is 3. The third kappa shape index (κ3) is 1.80. The Balaban J connectivity index is 2.05. The third-order valence-electron chi connectivity index (χ3n) is 2.17. The van der Waals surface area contributed by atoms with E-state index in [1.54, 1.807) is 11.3 Å².